The maximum Gasteiger partial charge on any atom is 0.408 e. The summed E-state index contributed by atoms with van der Waals surface area (Å²) in [5.41, 5.74) is 5.69. The van der Waals surface area contributed by atoms with Crippen LogP contribution in [-0.2, 0) is 16.0 Å². The summed E-state index contributed by atoms with van der Waals surface area (Å²) in [4.78, 5) is 23.5. The summed E-state index contributed by atoms with van der Waals surface area (Å²) in [5.74, 6) is -0.594. The lowest BCUT2D eigenvalue weighted by atomic mass is 10.0. The largest absolute Gasteiger partial charge is 0.444 e. The number of primary amides is 1. The van der Waals surface area contributed by atoms with Crippen LogP contribution in [0.2, 0.25) is 0 Å². The van der Waals surface area contributed by atoms with Crippen molar-refractivity contribution < 1.29 is 14.3 Å². The lowest BCUT2D eigenvalue weighted by Crippen LogP contribution is -2.47. The minimum atomic E-state index is -0.814. The summed E-state index contributed by atoms with van der Waals surface area (Å²) >= 11 is 0. The van der Waals surface area contributed by atoms with Gasteiger partial charge in [0.1, 0.15) is 11.6 Å². The first kappa shape index (κ1) is 16.8. The molecule has 0 saturated heterocycles. The Kier molecular flexibility index (Phi) is 4.89. The molecular weight excluding hydrogens is 292 g/mol. The third kappa shape index (κ3) is 4.98. The van der Waals surface area contributed by atoms with Crippen LogP contribution in [0.15, 0.2) is 42.5 Å². The third-order valence-corrected chi connectivity index (χ3v) is 3.29. The van der Waals surface area contributed by atoms with E-state index in [1.807, 2.05) is 42.5 Å². The predicted molar refractivity (Wildman–Crippen MR) is 90.0 cm³/mol. The Balaban J connectivity index is 2.11. The summed E-state index contributed by atoms with van der Waals surface area (Å²) in [6.07, 6.45) is -0.332. The average molecular weight is 314 g/mol. The molecule has 0 spiro atoms. The van der Waals surface area contributed by atoms with Gasteiger partial charge in [0.15, 0.2) is 0 Å². The van der Waals surface area contributed by atoms with Gasteiger partial charge in [-0.1, -0.05) is 42.5 Å². The second kappa shape index (κ2) is 6.69. The van der Waals surface area contributed by atoms with Gasteiger partial charge in [-0.15, -0.1) is 0 Å². The van der Waals surface area contributed by atoms with E-state index in [4.69, 9.17) is 10.5 Å². The lowest BCUT2D eigenvalue weighted by molar-refractivity contribution is -0.120. The van der Waals surface area contributed by atoms with Crippen molar-refractivity contribution in [2.75, 3.05) is 0 Å². The van der Waals surface area contributed by atoms with Crippen molar-refractivity contribution in [1.82, 2.24) is 5.32 Å². The molecule has 122 valence electrons. The fourth-order valence-electron chi connectivity index (χ4n) is 2.27. The zero-order chi connectivity index (χ0) is 17.0. The first-order chi connectivity index (χ1) is 10.7. The number of hydrogen-bond acceptors (Lipinski definition) is 3. The van der Waals surface area contributed by atoms with E-state index in [9.17, 15) is 9.59 Å². The van der Waals surface area contributed by atoms with E-state index in [0.717, 1.165) is 16.3 Å². The molecule has 2 aromatic rings. The molecule has 3 N–H and O–H groups in total. The van der Waals surface area contributed by atoms with Crippen LogP contribution < -0.4 is 11.1 Å². The highest BCUT2D eigenvalue weighted by Crippen LogP contribution is 2.17. The van der Waals surface area contributed by atoms with Crippen LogP contribution in [-0.4, -0.2) is 23.6 Å². The monoisotopic (exact) mass is 314 g/mol. The highest BCUT2D eigenvalue weighted by atomic mass is 16.6. The first-order valence-corrected chi connectivity index (χ1v) is 7.51. The summed E-state index contributed by atoms with van der Waals surface area (Å²) in [5, 5.41) is 4.73. The lowest BCUT2D eigenvalue weighted by Gasteiger charge is -2.22. The standard InChI is InChI=1S/C18H22N2O3/c1-18(2,3)23-17(22)20-15(16(19)21)11-12-8-9-13-6-4-5-7-14(13)10-12/h4-10,15H,11H2,1-3H3,(H2,19,21)(H,20,22). The number of carbonyl (C=O) groups excluding carboxylic acids is 2. The Morgan fingerprint density at radius 3 is 2.39 bits per heavy atom. The van der Waals surface area contributed by atoms with E-state index >= 15 is 0 Å². The minimum absolute atomic E-state index is 0.319. The van der Waals surface area contributed by atoms with Crippen LogP contribution in [0.5, 0.6) is 0 Å². The van der Waals surface area contributed by atoms with Gasteiger partial charge in [-0.05, 0) is 37.1 Å². The molecule has 0 fully saturated rings. The fourth-order valence-corrected chi connectivity index (χ4v) is 2.27. The zero-order valence-electron chi connectivity index (χ0n) is 13.6. The van der Waals surface area contributed by atoms with Crippen molar-refractivity contribution in [3.63, 3.8) is 0 Å². The van der Waals surface area contributed by atoms with Crippen molar-refractivity contribution in [2.24, 2.45) is 5.73 Å². The molecule has 1 atom stereocenters. The molecule has 0 radical (unpaired) electrons. The molecule has 0 saturated carbocycles. The molecule has 0 bridgehead atoms. The Morgan fingerprint density at radius 2 is 1.78 bits per heavy atom. The molecular formula is C18H22N2O3. The van der Waals surface area contributed by atoms with Crippen LogP contribution >= 0.6 is 0 Å². The van der Waals surface area contributed by atoms with E-state index in [-0.39, 0.29) is 0 Å². The number of rotatable bonds is 4. The van der Waals surface area contributed by atoms with Gasteiger partial charge >= 0.3 is 6.09 Å². The molecule has 23 heavy (non-hydrogen) atoms. The number of benzene rings is 2. The molecule has 0 aliphatic rings. The molecule has 0 aliphatic carbocycles. The fraction of sp³-hybridized carbons (Fsp3) is 0.333. The Morgan fingerprint density at radius 1 is 1.13 bits per heavy atom. The summed E-state index contributed by atoms with van der Waals surface area (Å²) in [7, 11) is 0. The molecule has 5 nitrogen and oxygen atoms in total. The van der Waals surface area contributed by atoms with E-state index in [0.29, 0.717) is 6.42 Å². The second-order valence-electron chi connectivity index (χ2n) is 6.49. The van der Waals surface area contributed by atoms with E-state index in [2.05, 4.69) is 5.32 Å². The Hall–Kier alpha value is -2.56. The molecule has 2 rings (SSSR count). The van der Waals surface area contributed by atoms with Gasteiger partial charge in [-0.2, -0.15) is 0 Å². The molecule has 2 aromatic carbocycles. The Labute approximate surface area is 135 Å². The molecule has 1 unspecified atom stereocenters. The Bertz CT molecular complexity index is 720. The highest BCUT2D eigenvalue weighted by Gasteiger charge is 2.23. The van der Waals surface area contributed by atoms with Crippen molar-refractivity contribution in [3.8, 4) is 0 Å². The van der Waals surface area contributed by atoms with Crippen LogP contribution in [0.1, 0.15) is 26.3 Å². The van der Waals surface area contributed by atoms with E-state index < -0.39 is 23.6 Å². The minimum Gasteiger partial charge on any atom is -0.444 e. The maximum absolute atomic E-state index is 11.8. The van der Waals surface area contributed by atoms with Crippen LogP contribution in [0.25, 0.3) is 10.8 Å². The van der Waals surface area contributed by atoms with E-state index in [1.54, 1.807) is 20.8 Å². The topological polar surface area (TPSA) is 81.4 Å². The third-order valence-electron chi connectivity index (χ3n) is 3.29. The van der Waals surface area contributed by atoms with Gasteiger partial charge in [0.25, 0.3) is 0 Å². The average Bonchev–Trinajstić information content (AvgIpc) is 2.44. The number of carbonyl (C=O) groups is 2. The SMILES string of the molecule is CC(C)(C)OC(=O)NC(Cc1ccc2ccccc2c1)C(N)=O. The number of nitrogens with two attached hydrogens (primary N) is 1. The number of ether oxygens (including phenoxy) is 1. The number of alkyl carbamates (subject to hydrolysis) is 1. The van der Waals surface area contributed by atoms with Gasteiger partial charge < -0.3 is 15.8 Å². The van der Waals surface area contributed by atoms with E-state index in [1.165, 1.54) is 0 Å². The van der Waals surface area contributed by atoms with Crippen molar-refractivity contribution in [1.29, 1.82) is 0 Å². The number of fused-ring (bicyclic) bond motifs is 1. The van der Waals surface area contributed by atoms with Gasteiger partial charge in [-0.25, -0.2) is 4.79 Å². The molecule has 5 heteroatoms. The summed E-state index contributed by atoms with van der Waals surface area (Å²) in [6, 6.07) is 13.0. The predicted octanol–water partition coefficient (Wildman–Crippen LogP) is 2.76. The van der Waals surface area contributed by atoms with Crippen molar-refractivity contribution >= 4 is 22.8 Å². The van der Waals surface area contributed by atoms with Gasteiger partial charge in [0.2, 0.25) is 5.91 Å². The van der Waals surface area contributed by atoms with Gasteiger partial charge in [0.05, 0.1) is 0 Å². The maximum atomic E-state index is 11.8. The molecule has 0 aromatic heterocycles. The molecule has 0 heterocycles. The van der Waals surface area contributed by atoms with Crippen LogP contribution in [0.3, 0.4) is 0 Å². The van der Waals surface area contributed by atoms with Gasteiger partial charge in [0, 0.05) is 6.42 Å². The van der Waals surface area contributed by atoms with Gasteiger partial charge in [-0.3, -0.25) is 4.79 Å². The smallest absolute Gasteiger partial charge is 0.408 e. The zero-order valence-corrected chi connectivity index (χ0v) is 13.6. The molecule has 2 amide bonds. The van der Waals surface area contributed by atoms with Crippen LogP contribution in [0, 0.1) is 0 Å². The first-order valence-electron chi connectivity index (χ1n) is 7.51. The van der Waals surface area contributed by atoms with Crippen molar-refractivity contribution in [3.05, 3.63) is 48.0 Å². The quantitative estimate of drug-likeness (QED) is 0.910. The second-order valence-corrected chi connectivity index (χ2v) is 6.49. The highest BCUT2D eigenvalue weighted by molar-refractivity contribution is 5.86. The van der Waals surface area contributed by atoms with Crippen molar-refractivity contribution in [2.45, 2.75) is 38.8 Å². The van der Waals surface area contributed by atoms with Crippen LogP contribution in [0.4, 0.5) is 4.79 Å². The number of amides is 2. The normalized spacial score (nSPS) is 12.7. The number of nitrogens with one attached hydrogen (secondary N) is 1. The summed E-state index contributed by atoms with van der Waals surface area (Å²) < 4.78 is 5.17. The molecule has 0 aliphatic heterocycles. The number of hydrogen-bond donors (Lipinski definition) is 2. The summed E-state index contributed by atoms with van der Waals surface area (Å²) in [6.45, 7) is 5.28.